The summed E-state index contributed by atoms with van der Waals surface area (Å²) in [5, 5.41) is 2.06. The maximum atomic E-state index is 12.1. The quantitative estimate of drug-likeness (QED) is 0.851. The second kappa shape index (κ2) is 5.66. The summed E-state index contributed by atoms with van der Waals surface area (Å²) >= 11 is 0.589. The molecule has 0 fully saturated rings. The van der Waals surface area contributed by atoms with Gasteiger partial charge in [-0.15, -0.1) is 16.1 Å². The summed E-state index contributed by atoms with van der Waals surface area (Å²) in [5.41, 5.74) is 1.07. The third-order valence-corrected chi connectivity index (χ3v) is 5.45. The van der Waals surface area contributed by atoms with Crippen LogP contribution in [0.15, 0.2) is 23.8 Å². The molecule has 0 radical (unpaired) electrons. The number of hydrogen-bond acceptors (Lipinski definition) is 4. The molecular formula is C13H19N3OS2. The van der Waals surface area contributed by atoms with Gasteiger partial charge in [0.05, 0.1) is 6.04 Å². The van der Waals surface area contributed by atoms with Crippen LogP contribution in [0.25, 0.3) is 11.4 Å². The van der Waals surface area contributed by atoms with Gasteiger partial charge in [0.15, 0.2) is 0 Å². The average molecular weight is 297 g/mol. The van der Waals surface area contributed by atoms with E-state index in [1.165, 1.54) is 0 Å². The van der Waals surface area contributed by atoms with Crippen LogP contribution in [0.1, 0.15) is 38.6 Å². The Balaban J connectivity index is 2.06. The second-order valence-corrected chi connectivity index (χ2v) is 8.34. The zero-order valence-electron chi connectivity index (χ0n) is 11.6. The van der Waals surface area contributed by atoms with E-state index in [4.69, 9.17) is 0 Å². The number of thiophene rings is 1. The highest BCUT2D eigenvalue weighted by Crippen LogP contribution is 2.28. The zero-order chi connectivity index (χ0) is 14.0. The van der Waals surface area contributed by atoms with E-state index < -0.39 is 11.4 Å². The smallest absolute Gasteiger partial charge is 0.138 e. The van der Waals surface area contributed by atoms with Gasteiger partial charge in [0.2, 0.25) is 0 Å². The van der Waals surface area contributed by atoms with E-state index in [-0.39, 0.29) is 10.8 Å². The lowest BCUT2D eigenvalue weighted by Crippen LogP contribution is -2.40. The highest BCUT2D eigenvalue weighted by Gasteiger charge is 2.28. The van der Waals surface area contributed by atoms with Crippen LogP contribution in [0.5, 0.6) is 0 Å². The second-order valence-electron chi connectivity index (χ2n) is 5.40. The van der Waals surface area contributed by atoms with E-state index >= 15 is 0 Å². The number of rotatable bonds is 4. The Bertz CT molecular complexity index is 516. The molecule has 2 heterocycles. The molecule has 6 heteroatoms. The number of nitrogens with one attached hydrogen (secondary N) is 2. The maximum absolute atomic E-state index is 12.1. The summed E-state index contributed by atoms with van der Waals surface area (Å²) in [6.07, 6.45) is 3.55. The third-order valence-electron chi connectivity index (χ3n) is 2.66. The number of nitrogens with zero attached hydrogens (tertiary/aromatic N) is 1. The summed E-state index contributed by atoms with van der Waals surface area (Å²) in [5.74, 6) is 0.867. The first-order chi connectivity index (χ1) is 8.88. The highest BCUT2D eigenvalue weighted by atomic mass is 32.2. The van der Waals surface area contributed by atoms with Crippen LogP contribution in [0, 0.1) is 0 Å². The first kappa shape index (κ1) is 14.6. The fraction of sp³-hybridized carbons (Fsp3) is 0.462. The molecule has 1 unspecified atom stereocenters. The fourth-order valence-electron chi connectivity index (χ4n) is 1.52. The van der Waals surface area contributed by atoms with E-state index in [1.54, 1.807) is 17.5 Å². The molecule has 2 aromatic rings. The molecule has 0 saturated carbocycles. The summed E-state index contributed by atoms with van der Waals surface area (Å²) < 4.78 is 15.0. The minimum absolute atomic E-state index is 0.0637. The Morgan fingerprint density at radius 1 is 1.47 bits per heavy atom. The molecule has 19 heavy (non-hydrogen) atoms. The van der Waals surface area contributed by atoms with Crippen molar-refractivity contribution in [3.8, 4) is 11.4 Å². The number of aromatic nitrogens is 2. The van der Waals surface area contributed by atoms with Crippen molar-refractivity contribution < 1.29 is 4.55 Å². The Labute approximate surface area is 121 Å². The molecule has 2 atom stereocenters. The molecule has 0 aliphatic carbocycles. The minimum atomic E-state index is -1.06. The number of aromatic amines is 1. The number of imidazole rings is 1. The van der Waals surface area contributed by atoms with Crippen molar-refractivity contribution in [2.75, 3.05) is 0 Å². The van der Waals surface area contributed by atoms with E-state index in [0.717, 1.165) is 16.3 Å². The Morgan fingerprint density at radius 3 is 2.79 bits per heavy atom. The Morgan fingerprint density at radius 2 is 2.21 bits per heavy atom. The van der Waals surface area contributed by atoms with Crippen molar-refractivity contribution in [1.82, 2.24) is 14.7 Å². The monoisotopic (exact) mass is 297 g/mol. The molecule has 4 nitrogen and oxygen atoms in total. The van der Waals surface area contributed by atoms with E-state index in [1.807, 2.05) is 33.9 Å². The topological polar surface area (TPSA) is 63.8 Å². The van der Waals surface area contributed by atoms with E-state index in [9.17, 15) is 4.55 Å². The lowest BCUT2D eigenvalue weighted by molar-refractivity contribution is 0.532. The van der Waals surface area contributed by atoms with Crippen molar-refractivity contribution in [2.24, 2.45) is 0 Å². The summed E-state index contributed by atoms with van der Waals surface area (Å²) in [6, 6.07) is 2.15. The van der Waals surface area contributed by atoms with Gasteiger partial charge in [0.25, 0.3) is 0 Å². The van der Waals surface area contributed by atoms with Gasteiger partial charge in [0, 0.05) is 39.6 Å². The third kappa shape index (κ3) is 3.60. The molecule has 0 aliphatic heterocycles. The van der Waals surface area contributed by atoms with Gasteiger partial charge in [-0.2, -0.15) is 0 Å². The molecule has 0 aliphatic rings. The van der Waals surface area contributed by atoms with Gasteiger partial charge >= 0.3 is 0 Å². The first-order valence-corrected chi connectivity index (χ1v) is 8.17. The van der Waals surface area contributed by atoms with E-state index in [2.05, 4.69) is 26.1 Å². The van der Waals surface area contributed by atoms with Gasteiger partial charge < -0.3 is 9.54 Å². The van der Waals surface area contributed by atoms with E-state index in [0.29, 0.717) is 0 Å². The predicted octanol–water partition coefficient (Wildman–Crippen LogP) is 3.25. The molecule has 2 aromatic heterocycles. The summed E-state index contributed by atoms with van der Waals surface area (Å²) in [6.45, 7) is 7.92. The van der Waals surface area contributed by atoms with Crippen molar-refractivity contribution in [2.45, 2.75) is 38.5 Å². The van der Waals surface area contributed by atoms with Crippen LogP contribution >= 0.6 is 11.3 Å². The van der Waals surface area contributed by atoms with Crippen molar-refractivity contribution in [3.63, 3.8) is 0 Å². The van der Waals surface area contributed by atoms with Crippen molar-refractivity contribution >= 4 is 22.7 Å². The normalized spacial score (nSPS) is 15.4. The van der Waals surface area contributed by atoms with Crippen LogP contribution in [-0.4, -0.2) is 19.3 Å². The molecule has 0 amide bonds. The van der Waals surface area contributed by atoms with Gasteiger partial charge in [0.1, 0.15) is 10.6 Å². The molecule has 0 spiro atoms. The Hall–Kier alpha value is -0.820. The zero-order valence-corrected chi connectivity index (χ0v) is 13.2. The van der Waals surface area contributed by atoms with Gasteiger partial charge in [-0.05, 0) is 33.8 Å². The van der Waals surface area contributed by atoms with Gasteiger partial charge in [-0.3, -0.25) is 0 Å². The molecule has 104 valence electrons. The lowest BCUT2D eigenvalue weighted by atomic mass is 10.2. The maximum Gasteiger partial charge on any atom is 0.138 e. The van der Waals surface area contributed by atoms with Crippen molar-refractivity contribution in [3.05, 3.63) is 28.7 Å². The number of hydrogen-bond donors (Lipinski definition) is 2. The Kier molecular flexibility index (Phi) is 4.35. The van der Waals surface area contributed by atoms with Crippen LogP contribution in [0.2, 0.25) is 0 Å². The number of H-pyrrole nitrogens is 1. The molecule has 0 bridgehead atoms. The van der Waals surface area contributed by atoms with Gasteiger partial charge in [-0.1, -0.05) is 0 Å². The molecule has 0 aromatic carbocycles. The highest BCUT2D eigenvalue weighted by molar-refractivity contribution is 7.90. The van der Waals surface area contributed by atoms with Crippen LogP contribution in [0.4, 0.5) is 0 Å². The van der Waals surface area contributed by atoms with Crippen LogP contribution in [-0.2, 0) is 11.4 Å². The largest absolute Gasteiger partial charge is 0.598 e. The fourth-order valence-corrected chi connectivity index (χ4v) is 3.30. The molecule has 2 rings (SSSR count). The lowest BCUT2D eigenvalue weighted by Gasteiger charge is -2.26. The van der Waals surface area contributed by atoms with Crippen LogP contribution in [0.3, 0.4) is 0 Å². The standard InChI is InChI=1S/C13H19N3OS2/c1-9(16-19(17)13(2,3)4)11-7-10(8-18-11)12-14-5-6-15-12/h5-9,16H,1-4H3,(H,14,15)/t9-,19?/m0/s1. The molecular weight excluding hydrogens is 278 g/mol. The summed E-state index contributed by atoms with van der Waals surface area (Å²) in [7, 11) is 0. The average Bonchev–Trinajstić information content (AvgIpc) is 2.98. The summed E-state index contributed by atoms with van der Waals surface area (Å²) in [4.78, 5) is 8.47. The van der Waals surface area contributed by atoms with Crippen LogP contribution < -0.4 is 4.72 Å². The molecule has 2 N–H and O–H groups in total. The molecule has 0 saturated heterocycles. The van der Waals surface area contributed by atoms with Crippen molar-refractivity contribution in [1.29, 1.82) is 0 Å². The first-order valence-electron chi connectivity index (χ1n) is 6.14. The SMILES string of the molecule is C[C@H](N[S+]([O-])C(C)(C)C)c1cc(-c2ncc[nH]2)cs1. The minimum Gasteiger partial charge on any atom is -0.598 e. The predicted molar refractivity (Wildman–Crippen MR) is 81.3 cm³/mol. The van der Waals surface area contributed by atoms with Gasteiger partial charge in [-0.25, -0.2) is 4.98 Å².